The van der Waals surface area contributed by atoms with Crippen LogP contribution in [-0.2, 0) is 10.1 Å². The van der Waals surface area contributed by atoms with E-state index in [4.69, 9.17) is 30.7 Å². The highest BCUT2D eigenvalue weighted by Gasteiger charge is 2.06. The highest BCUT2D eigenvalue weighted by atomic mass is 32.2. The maximum atomic E-state index is 10.5. The first-order valence-corrected chi connectivity index (χ1v) is 6.27. The summed E-state index contributed by atoms with van der Waals surface area (Å²) in [5, 5.41) is 21.4. The minimum Gasteiger partial charge on any atom is -0.395 e. The van der Waals surface area contributed by atoms with E-state index in [1.54, 1.807) is 12.1 Å². The minimum absolute atomic E-state index is 0.0666. The van der Waals surface area contributed by atoms with Gasteiger partial charge in [0.15, 0.2) is 0 Å². The molecule has 0 aliphatic rings. The number of rotatable bonds is 2. The standard InChI is InChI=1S/C7H8O3S.C2H7NO.HNO3/c1-6-2-4-7(5-3-6)11(8,9)10;3-1-2-4;2-1(3)4/h2-5H,1H3,(H,8,9,10);4H,1-3H2;(H,2,3,4). The van der Waals surface area contributed by atoms with Crippen molar-refractivity contribution in [2.45, 2.75) is 11.8 Å². The lowest BCUT2D eigenvalue weighted by atomic mass is 10.2. The van der Waals surface area contributed by atoms with E-state index in [1.807, 2.05) is 6.92 Å². The molecule has 0 fully saturated rings. The van der Waals surface area contributed by atoms with E-state index >= 15 is 0 Å². The second-order valence-corrected chi connectivity index (χ2v) is 4.46. The van der Waals surface area contributed by atoms with E-state index in [-0.39, 0.29) is 11.5 Å². The third-order valence-corrected chi connectivity index (χ3v) is 2.32. The Kier molecular flexibility index (Phi) is 10.5. The van der Waals surface area contributed by atoms with Gasteiger partial charge in [0.25, 0.3) is 15.2 Å². The molecule has 0 heterocycles. The summed E-state index contributed by atoms with van der Waals surface area (Å²) in [5.74, 6) is 0. The van der Waals surface area contributed by atoms with Gasteiger partial charge < -0.3 is 16.0 Å². The molecule has 0 amide bonds. The predicted octanol–water partition coefficient (Wildman–Crippen LogP) is -0.169. The van der Waals surface area contributed by atoms with Gasteiger partial charge in [-0.1, -0.05) is 17.7 Å². The van der Waals surface area contributed by atoms with Gasteiger partial charge in [0, 0.05) is 6.54 Å². The van der Waals surface area contributed by atoms with Gasteiger partial charge >= 0.3 is 0 Å². The van der Waals surface area contributed by atoms with Crippen molar-refractivity contribution in [2.24, 2.45) is 5.73 Å². The zero-order chi connectivity index (χ0) is 15.5. The largest absolute Gasteiger partial charge is 0.395 e. The summed E-state index contributed by atoms with van der Waals surface area (Å²) in [4.78, 5) is 8.29. The molecule has 0 unspecified atom stereocenters. The lowest BCUT2D eigenvalue weighted by molar-refractivity contribution is -0.742. The van der Waals surface area contributed by atoms with E-state index in [0.29, 0.717) is 6.54 Å². The Morgan fingerprint density at radius 3 is 1.84 bits per heavy atom. The monoisotopic (exact) mass is 296 g/mol. The third kappa shape index (κ3) is 14.2. The van der Waals surface area contributed by atoms with Gasteiger partial charge in [-0.3, -0.25) is 4.55 Å². The summed E-state index contributed by atoms with van der Waals surface area (Å²) >= 11 is 0. The number of aryl methyl sites for hydroxylation is 1. The van der Waals surface area contributed by atoms with Crippen LogP contribution >= 0.6 is 0 Å². The quantitative estimate of drug-likeness (QED) is 0.332. The molecule has 0 bridgehead atoms. The van der Waals surface area contributed by atoms with Crippen molar-refractivity contribution in [1.29, 1.82) is 0 Å². The first-order valence-electron chi connectivity index (χ1n) is 4.83. The van der Waals surface area contributed by atoms with Crippen LogP contribution in [0.5, 0.6) is 0 Å². The van der Waals surface area contributed by atoms with E-state index in [1.165, 1.54) is 12.1 Å². The van der Waals surface area contributed by atoms with Gasteiger partial charge in [-0.05, 0) is 19.1 Å². The minimum atomic E-state index is -4.02. The SMILES string of the molecule is Cc1ccc(S(=O)(=O)O)cc1.NCCO.O=[N+]([O-])O. The molecule has 0 saturated heterocycles. The Morgan fingerprint density at radius 2 is 1.63 bits per heavy atom. The molecule has 0 saturated carbocycles. The van der Waals surface area contributed by atoms with E-state index in [2.05, 4.69) is 0 Å². The number of aliphatic hydroxyl groups excluding tert-OH is 1. The number of hydrogen-bond donors (Lipinski definition) is 4. The molecular formula is C9H16N2O7S. The van der Waals surface area contributed by atoms with Crippen molar-refractivity contribution < 1.29 is 28.4 Å². The van der Waals surface area contributed by atoms with Gasteiger partial charge in [-0.25, -0.2) is 0 Å². The van der Waals surface area contributed by atoms with E-state index in [9.17, 15) is 8.42 Å². The summed E-state index contributed by atoms with van der Waals surface area (Å²) in [5.41, 5.74) is 5.73. The molecule has 1 aromatic carbocycles. The van der Waals surface area contributed by atoms with Crippen molar-refractivity contribution in [3.8, 4) is 0 Å². The smallest absolute Gasteiger partial charge is 0.294 e. The van der Waals surface area contributed by atoms with Crippen LogP contribution in [0.2, 0.25) is 0 Å². The predicted molar refractivity (Wildman–Crippen MR) is 65.9 cm³/mol. The summed E-state index contributed by atoms with van der Waals surface area (Å²) in [6.45, 7) is 2.31. The molecular weight excluding hydrogens is 280 g/mol. The highest BCUT2D eigenvalue weighted by molar-refractivity contribution is 7.85. The molecule has 0 atom stereocenters. The Bertz CT molecular complexity index is 452. The van der Waals surface area contributed by atoms with Gasteiger partial charge in [-0.2, -0.15) is 8.42 Å². The topological polar surface area (TPSA) is 164 Å². The molecule has 0 spiro atoms. The molecule has 0 aromatic heterocycles. The Hall–Kier alpha value is -1.75. The number of aliphatic hydroxyl groups is 1. The van der Waals surface area contributed by atoms with Crippen molar-refractivity contribution in [3.63, 3.8) is 0 Å². The average Bonchev–Trinajstić information content (AvgIpc) is 2.28. The molecule has 19 heavy (non-hydrogen) atoms. The molecule has 0 aliphatic heterocycles. The van der Waals surface area contributed by atoms with Crippen LogP contribution in [0.1, 0.15) is 5.56 Å². The second kappa shape index (κ2) is 10.2. The fourth-order valence-electron chi connectivity index (χ4n) is 0.710. The number of nitrogens with two attached hydrogens (primary N) is 1. The first-order chi connectivity index (χ1) is 8.65. The van der Waals surface area contributed by atoms with Crippen LogP contribution in [0.25, 0.3) is 0 Å². The van der Waals surface area contributed by atoms with Crippen LogP contribution in [-0.4, -0.2) is 41.5 Å². The zero-order valence-corrected chi connectivity index (χ0v) is 10.9. The third-order valence-electron chi connectivity index (χ3n) is 1.45. The fraction of sp³-hybridized carbons (Fsp3) is 0.333. The van der Waals surface area contributed by atoms with Crippen molar-refractivity contribution >= 4 is 10.1 Å². The molecule has 1 aromatic rings. The van der Waals surface area contributed by atoms with Crippen LogP contribution in [0, 0.1) is 17.0 Å². The van der Waals surface area contributed by atoms with E-state index in [0.717, 1.165) is 5.56 Å². The lowest BCUT2D eigenvalue weighted by Gasteiger charge is -1.95. The Morgan fingerprint density at radius 1 is 1.32 bits per heavy atom. The summed E-state index contributed by atoms with van der Waals surface area (Å²) < 4.78 is 29.6. The maximum absolute atomic E-state index is 10.5. The van der Waals surface area contributed by atoms with Gasteiger partial charge in [0.1, 0.15) is 0 Å². The first kappa shape index (κ1) is 19.6. The normalized spacial score (nSPS) is 9.47. The molecule has 5 N–H and O–H groups in total. The van der Waals surface area contributed by atoms with Gasteiger partial charge in [-0.15, -0.1) is 10.1 Å². The number of nitrogens with zero attached hydrogens (tertiary/aromatic N) is 1. The molecule has 0 radical (unpaired) electrons. The van der Waals surface area contributed by atoms with Crippen molar-refractivity contribution in [2.75, 3.05) is 13.2 Å². The van der Waals surface area contributed by atoms with Gasteiger partial charge in [0.05, 0.1) is 11.5 Å². The molecule has 110 valence electrons. The van der Waals surface area contributed by atoms with Crippen molar-refractivity contribution in [1.82, 2.24) is 0 Å². The Labute approximate surface area is 110 Å². The number of hydrogen-bond acceptors (Lipinski definition) is 6. The van der Waals surface area contributed by atoms with Gasteiger partial charge in [0.2, 0.25) is 0 Å². The highest BCUT2D eigenvalue weighted by Crippen LogP contribution is 2.08. The second-order valence-electron chi connectivity index (χ2n) is 3.04. The zero-order valence-electron chi connectivity index (χ0n) is 10.1. The van der Waals surface area contributed by atoms with Crippen LogP contribution in [0.15, 0.2) is 29.2 Å². The fourth-order valence-corrected chi connectivity index (χ4v) is 1.19. The van der Waals surface area contributed by atoms with Crippen LogP contribution in [0.4, 0.5) is 0 Å². The summed E-state index contributed by atoms with van der Waals surface area (Å²) in [6, 6.07) is 5.99. The summed E-state index contributed by atoms with van der Waals surface area (Å²) in [6.07, 6.45) is 0. The van der Waals surface area contributed by atoms with Crippen LogP contribution in [0.3, 0.4) is 0 Å². The molecule has 1 rings (SSSR count). The van der Waals surface area contributed by atoms with E-state index < -0.39 is 15.2 Å². The average molecular weight is 296 g/mol. The summed E-state index contributed by atoms with van der Waals surface area (Å²) in [7, 11) is -4.02. The van der Waals surface area contributed by atoms with Crippen LogP contribution < -0.4 is 5.73 Å². The number of benzene rings is 1. The molecule has 9 nitrogen and oxygen atoms in total. The lowest BCUT2D eigenvalue weighted by Crippen LogP contribution is -2.02. The van der Waals surface area contributed by atoms with Crippen molar-refractivity contribution in [3.05, 3.63) is 39.9 Å². The molecule has 0 aliphatic carbocycles. The molecule has 10 heteroatoms. The maximum Gasteiger partial charge on any atom is 0.294 e. The Balaban J connectivity index is 0.